The molecule has 2 N–H and O–H groups in total. The van der Waals surface area contributed by atoms with Gasteiger partial charge in [0.05, 0.1) is 25.4 Å². The Balaban J connectivity index is 2.07. The van der Waals surface area contributed by atoms with Gasteiger partial charge in [0.1, 0.15) is 13.0 Å². The molecule has 2 nitrogen and oxygen atoms in total. The van der Waals surface area contributed by atoms with E-state index in [4.69, 9.17) is 0 Å². The largest absolute Gasteiger partial charge is 0.345 e. The first-order valence-corrected chi connectivity index (χ1v) is 7.57. The first kappa shape index (κ1) is 10.8. The fraction of sp³-hybridized carbons (Fsp3) is 0.455. The molecule has 1 aliphatic heterocycles. The summed E-state index contributed by atoms with van der Waals surface area (Å²) >= 11 is 0. The van der Waals surface area contributed by atoms with Crippen molar-refractivity contribution in [2.45, 2.75) is 6.16 Å². The quantitative estimate of drug-likeness (QED) is 0.760. The smallest absolute Gasteiger partial charge is 0.123 e. The minimum absolute atomic E-state index is 0.228. The summed E-state index contributed by atoms with van der Waals surface area (Å²) in [5, 5.41) is 2.21. The highest BCUT2D eigenvalue weighted by molar-refractivity contribution is 7.63. The van der Waals surface area contributed by atoms with Gasteiger partial charge in [0.15, 0.2) is 0 Å². The van der Waals surface area contributed by atoms with Crippen molar-refractivity contribution in [3.63, 3.8) is 0 Å². The van der Waals surface area contributed by atoms with E-state index >= 15 is 0 Å². The van der Waals surface area contributed by atoms with Gasteiger partial charge in [-0.3, -0.25) is 0 Å². The summed E-state index contributed by atoms with van der Waals surface area (Å²) < 4.78 is 25.1. The number of hydrogen-bond acceptors (Lipinski definition) is 1. The summed E-state index contributed by atoms with van der Waals surface area (Å²) in [6, 6.07) is 6.37. The second kappa shape index (κ2) is 4.46. The molecule has 0 unspecified atom stereocenters. The van der Waals surface area contributed by atoms with E-state index in [1.54, 1.807) is 12.1 Å². The van der Waals surface area contributed by atoms with Gasteiger partial charge >= 0.3 is 0 Å². The molecule has 0 atom stereocenters. The first-order valence-electron chi connectivity index (χ1n) is 5.31. The first-order chi connectivity index (χ1) is 7.18. The Morgan fingerprint density at radius 1 is 1.20 bits per heavy atom. The third kappa shape index (κ3) is 2.90. The van der Waals surface area contributed by atoms with Crippen LogP contribution in [0.2, 0.25) is 0 Å². The monoisotopic (exact) mass is 228 g/mol. The Kier molecular flexibility index (Phi) is 3.22. The predicted octanol–water partition coefficient (Wildman–Crippen LogP) is 1.27. The number of rotatable bonds is 2. The van der Waals surface area contributed by atoms with Crippen LogP contribution < -0.4 is 5.32 Å². The van der Waals surface area contributed by atoms with Gasteiger partial charge in [-0.1, -0.05) is 12.1 Å². The van der Waals surface area contributed by atoms with E-state index in [0.717, 1.165) is 31.0 Å². The van der Waals surface area contributed by atoms with Gasteiger partial charge in [-0.25, -0.2) is 4.39 Å². The molecule has 1 aliphatic rings. The van der Waals surface area contributed by atoms with Gasteiger partial charge in [0.25, 0.3) is 0 Å². The van der Waals surface area contributed by atoms with Gasteiger partial charge in [0, 0.05) is 6.16 Å². The normalized spacial score (nSPS) is 20.1. The van der Waals surface area contributed by atoms with E-state index in [2.05, 4.69) is 5.32 Å². The number of halogens is 1. The minimum atomic E-state index is -2.00. The van der Waals surface area contributed by atoms with E-state index < -0.39 is 7.14 Å². The zero-order valence-corrected chi connectivity index (χ0v) is 9.55. The molecule has 0 bridgehead atoms. The molecule has 1 saturated heterocycles. The molecule has 2 rings (SSSR count). The molecular formula is C11H16FNOP+. The number of quaternary nitrogens is 1. The van der Waals surface area contributed by atoms with Crippen LogP contribution in [0.25, 0.3) is 0 Å². The highest BCUT2D eigenvalue weighted by atomic mass is 31.2. The van der Waals surface area contributed by atoms with Crippen LogP contribution in [0.5, 0.6) is 0 Å². The Bertz CT molecular complexity index is 367. The van der Waals surface area contributed by atoms with Crippen LogP contribution in [0, 0.1) is 5.82 Å². The molecule has 4 heteroatoms. The zero-order chi connectivity index (χ0) is 10.7. The van der Waals surface area contributed by atoms with Crippen LogP contribution >= 0.6 is 7.14 Å². The van der Waals surface area contributed by atoms with Gasteiger partial charge < -0.3 is 9.88 Å². The lowest BCUT2D eigenvalue weighted by Gasteiger charge is -2.21. The third-order valence-electron chi connectivity index (χ3n) is 2.87. The SMILES string of the molecule is O=P1(Cc2ccc(F)cc2)CC[NH2+]CC1. The Labute approximate surface area is 89.3 Å². The summed E-state index contributed by atoms with van der Waals surface area (Å²) in [7, 11) is -2.00. The zero-order valence-electron chi connectivity index (χ0n) is 8.66. The maximum Gasteiger partial charge on any atom is 0.123 e. The molecule has 1 aromatic carbocycles. The Morgan fingerprint density at radius 2 is 1.80 bits per heavy atom. The van der Waals surface area contributed by atoms with Crippen molar-refractivity contribution < 1.29 is 14.3 Å². The van der Waals surface area contributed by atoms with Crippen molar-refractivity contribution in [2.75, 3.05) is 25.4 Å². The fourth-order valence-corrected chi connectivity index (χ4v) is 4.71. The van der Waals surface area contributed by atoms with Crippen LogP contribution in [0.4, 0.5) is 4.39 Å². The highest BCUT2D eigenvalue weighted by Gasteiger charge is 2.26. The summed E-state index contributed by atoms with van der Waals surface area (Å²) in [4.78, 5) is 0. The van der Waals surface area contributed by atoms with Gasteiger partial charge in [-0.2, -0.15) is 0 Å². The molecule has 1 fully saturated rings. The van der Waals surface area contributed by atoms with Crippen molar-refractivity contribution in [2.24, 2.45) is 0 Å². The van der Waals surface area contributed by atoms with E-state index in [1.807, 2.05) is 0 Å². The Hall–Kier alpha value is -0.660. The number of benzene rings is 1. The molecule has 0 radical (unpaired) electrons. The maximum absolute atomic E-state index is 12.7. The third-order valence-corrected chi connectivity index (χ3v) is 5.95. The number of nitrogens with two attached hydrogens (primary N) is 1. The van der Waals surface area contributed by atoms with Gasteiger partial charge in [-0.05, 0) is 17.7 Å². The topological polar surface area (TPSA) is 33.7 Å². The maximum atomic E-state index is 12.7. The molecule has 15 heavy (non-hydrogen) atoms. The second-order valence-corrected chi connectivity index (χ2v) is 7.48. The van der Waals surface area contributed by atoms with Crippen LogP contribution in [-0.2, 0) is 10.7 Å². The molecule has 82 valence electrons. The minimum Gasteiger partial charge on any atom is -0.345 e. The summed E-state index contributed by atoms with van der Waals surface area (Å²) in [5.41, 5.74) is 1.00. The van der Waals surface area contributed by atoms with E-state index in [-0.39, 0.29) is 5.82 Å². The molecule has 1 aromatic rings. The van der Waals surface area contributed by atoms with E-state index in [9.17, 15) is 8.96 Å². The molecule has 0 saturated carbocycles. The van der Waals surface area contributed by atoms with Crippen molar-refractivity contribution in [3.8, 4) is 0 Å². The lowest BCUT2D eigenvalue weighted by Crippen LogP contribution is -2.87. The van der Waals surface area contributed by atoms with Crippen LogP contribution in [0.3, 0.4) is 0 Å². The molecular weight excluding hydrogens is 212 g/mol. The Morgan fingerprint density at radius 3 is 2.40 bits per heavy atom. The van der Waals surface area contributed by atoms with Crippen molar-refractivity contribution >= 4 is 7.14 Å². The van der Waals surface area contributed by atoms with E-state index in [0.29, 0.717) is 6.16 Å². The second-order valence-electron chi connectivity index (χ2n) is 4.16. The van der Waals surface area contributed by atoms with Crippen LogP contribution in [0.1, 0.15) is 5.56 Å². The molecule has 0 spiro atoms. The summed E-state index contributed by atoms with van der Waals surface area (Å²) in [6.45, 7) is 1.94. The van der Waals surface area contributed by atoms with Crippen molar-refractivity contribution in [3.05, 3.63) is 35.6 Å². The standard InChI is InChI=1S/C11H15FNOP/c12-11-3-1-10(2-4-11)9-15(14)7-5-13-6-8-15/h1-4,13H,5-9H2/p+1. The van der Waals surface area contributed by atoms with Crippen molar-refractivity contribution in [1.82, 2.24) is 0 Å². The average Bonchev–Trinajstić information content (AvgIpc) is 2.22. The van der Waals surface area contributed by atoms with Crippen LogP contribution in [0.15, 0.2) is 24.3 Å². The van der Waals surface area contributed by atoms with E-state index in [1.165, 1.54) is 12.1 Å². The van der Waals surface area contributed by atoms with Crippen molar-refractivity contribution in [1.29, 1.82) is 0 Å². The summed E-state index contributed by atoms with van der Waals surface area (Å²) in [6.07, 6.45) is 2.29. The lowest BCUT2D eigenvalue weighted by atomic mass is 10.2. The molecule has 0 aliphatic carbocycles. The molecule has 1 heterocycles. The predicted molar refractivity (Wildman–Crippen MR) is 59.1 cm³/mol. The van der Waals surface area contributed by atoms with Gasteiger partial charge in [-0.15, -0.1) is 0 Å². The molecule has 0 amide bonds. The fourth-order valence-electron chi connectivity index (χ4n) is 1.99. The van der Waals surface area contributed by atoms with Crippen LogP contribution in [-0.4, -0.2) is 25.4 Å². The summed E-state index contributed by atoms with van der Waals surface area (Å²) in [5.74, 6) is -0.228. The van der Waals surface area contributed by atoms with Gasteiger partial charge in [0.2, 0.25) is 0 Å². The highest BCUT2D eigenvalue weighted by Crippen LogP contribution is 2.48. The lowest BCUT2D eigenvalue weighted by molar-refractivity contribution is -0.649. The molecule has 0 aromatic heterocycles. The average molecular weight is 228 g/mol. The number of hydrogen-bond donors (Lipinski definition) is 1.